The molecule has 0 radical (unpaired) electrons. The number of quaternary nitrogens is 1. The van der Waals surface area contributed by atoms with Gasteiger partial charge in [-0.05, 0) is 25.7 Å². The highest BCUT2D eigenvalue weighted by Gasteiger charge is 2.19. The number of piperidine rings is 1. The Balaban J connectivity index is 0.00000144. The maximum atomic E-state index is 2.31. The van der Waals surface area contributed by atoms with Gasteiger partial charge in [0.25, 0.3) is 0 Å². The second kappa shape index (κ2) is 7.64. The fourth-order valence-corrected chi connectivity index (χ4v) is 2.22. The standard InChI is InChI=1S/C11H23N.ClH/c1-3-5-6-11-7-9-12(4-2)10-8-11;/h11H,3-10H2,1-2H3;1H. The molecule has 0 unspecified atom stereocenters. The first kappa shape index (κ1) is 13.2. The van der Waals surface area contributed by atoms with Crippen LogP contribution in [0.5, 0.6) is 0 Å². The lowest BCUT2D eigenvalue weighted by Gasteiger charge is -2.28. The summed E-state index contributed by atoms with van der Waals surface area (Å²) >= 11 is 0. The Morgan fingerprint density at radius 1 is 1.15 bits per heavy atom. The van der Waals surface area contributed by atoms with Gasteiger partial charge in [0.1, 0.15) is 0 Å². The molecule has 1 fully saturated rings. The molecule has 1 rings (SSSR count). The fourth-order valence-electron chi connectivity index (χ4n) is 2.22. The van der Waals surface area contributed by atoms with E-state index >= 15 is 0 Å². The molecule has 2 heteroatoms. The van der Waals surface area contributed by atoms with Crippen molar-refractivity contribution in [2.75, 3.05) is 19.6 Å². The maximum Gasteiger partial charge on any atom is 0.0773 e. The first-order chi connectivity index (χ1) is 5.86. The zero-order valence-electron chi connectivity index (χ0n) is 9.11. The first-order valence-corrected chi connectivity index (χ1v) is 5.70. The molecule has 1 saturated heterocycles. The van der Waals surface area contributed by atoms with Crippen LogP contribution < -0.4 is 17.3 Å². The highest BCUT2D eigenvalue weighted by Crippen LogP contribution is 2.16. The number of halogens is 1. The molecule has 0 aromatic heterocycles. The molecule has 0 atom stereocenters. The average Bonchev–Trinajstić information content (AvgIpc) is 2.15. The molecular weight excluding hydrogens is 182 g/mol. The normalized spacial score (nSPS) is 28.2. The molecule has 0 amide bonds. The van der Waals surface area contributed by atoms with Gasteiger partial charge >= 0.3 is 0 Å². The van der Waals surface area contributed by atoms with Gasteiger partial charge < -0.3 is 17.3 Å². The summed E-state index contributed by atoms with van der Waals surface area (Å²) in [5.41, 5.74) is 0. The molecule has 0 spiro atoms. The molecule has 1 nitrogen and oxygen atoms in total. The summed E-state index contributed by atoms with van der Waals surface area (Å²) in [5.74, 6) is 1.07. The summed E-state index contributed by atoms with van der Waals surface area (Å²) < 4.78 is 0. The molecule has 1 N–H and O–H groups in total. The molecule has 0 aromatic carbocycles. The molecule has 80 valence electrons. The van der Waals surface area contributed by atoms with E-state index in [-0.39, 0.29) is 12.4 Å². The van der Waals surface area contributed by atoms with Crippen molar-refractivity contribution in [1.29, 1.82) is 0 Å². The number of rotatable bonds is 4. The van der Waals surface area contributed by atoms with Crippen LogP contribution in [0.15, 0.2) is 0 Å². The number of hydrogen-bond donors (Lipinski definition) is 1. The summed E-state index contributed by atoms with van der Waals surface area (Å²) in [6, 6.07) is 0. The molecule has 1 heterocycles. The van der Waals surface area contributed by atoms with E-state index in [1.807, 2.05) is 4.90 Å². The van der Waals surface area contributed by atoms with Crippen LogP contribution in [0.1, 0.15) is 46.0 Å². The largest absolute Gasteiger partial charge is 1.00 e. The number of nitrogens with one attached hydrogen (secondary N) is 1. The Bertz CT molecular complexity index is 109. The van der Waals surface area contributed by atoms with E-state index in [0.717, 1.165) is 5.92 Å². The van der Waals surface area contributed by atoms with Gasteiger partial charge in [0, 0.05) is 0 Å². The van der Waals surface area contributed by atoms with Gasteiger partial charge in [-0.1, -0.05) is 26.2 Å². The third-order valence-electron chi connectivity index (χ3n) is 3.28. The lowest BCUT2D eigenvalue weighted by Crippen LogP contribution is -3.12. The Hall–Kier alpha value is 0.250. The van der Waals surface area contributed by atoms with Crippen LogP contribution in [0.3, 0.4) is 0 Å². The van der Waals surface area contributed by atoms with E-state index in [4.69, 9.17) is 0 Å². The quantitative estimate of drug-likeness (QED) is 0.570. The lowest BCUT2D eigenvalue weighted by atomic mass is 9.92. The van der Waals surface area contributed by atoms with Crippen LogP contribution in [-0.4, -0.2) is 19.6 Å². The second-order valence-electron chi connectivity index (χ2n) is 4.19. The highest BCUT2D eigenvalue weighted by atomic mass is 35.5. The van der Waals surface area contributed by atoms with Crippen molar-refractivity contribution in [2.24, 2.45) is 5.92 Å². The third-order valence-corrected chi connectivity index (χ3v) is 3.28. The molecule has 0 bridgehead atoms. The topological polar surface area (TPSA) is 4.44 Å². The molecule has 1 aliphatic heterocycles. The van der Waals surface area contributed by atoms with Gasteiger partial charge in [-0.25, -0.2) is 0 Å². The molecular formula is C11H24ClN. The highest BCUT2D eigenvalue weighted by molar-refractivity contribution is 4.61. The Kier molecular flexibility index (Phi) is 7.78. The number of likely N-dealkylation sites (tertiary alicyclic amines) is 1. The van der Waals surface area contributed by atoms with Crippen molar-refractivity contribution in [3.05, 3.63) is 0 Å². The Morgan fingerprint density at radius 3 is 2.23 bits per heavy atom. The average molecular weight is 206 g/mol. The zero-order valence-corrected chi connectivity index (χ0v) is 9.87. The minimum absolute atomic E-state index is 0. The summed E-state index contributed by atoms with van der Waals surface area (Å²) in [5, 5.41) is 0. The van der Waals surface area contributed by atoms with Crippen LogP contribution >= 0.6 is 0 Å². The summed E-state index contributed by atoms with van der Waals surface area (Å²) in [6.07, 6.45) is 7.30. The fraction of sp³-hybridized carbons (Fsp3) is 1.00. The third kappa shape index (κ3) is 4.87. The van der Waals surface area contributed by atoms with Crippen LogP contribution in [0.25, 0.3) is 0 Å². The van der Waals surface area contributed by atoms with E-state index in [2.05, 4.69) is 13.8 Å². The number of unbranched alkanes of at least 4 members (excludes halogenated alkanes) is 1. The lowest BCUT2D eigenvalue weighted by molar-refractivity contribution is -0.904. The molecule has 13 heavy (non-hydrogen) atoms. The van der Waals surface area contributed by atoms with Crippen molar-refractivity contribution >= 4 is 0 Å². The van der Waals surface area contributed by atoms with Crippen LogP contribution in [-0.2, 0) is 0 Å². The van der Waals surface area contributed by atoms with Gasteiger partial charge in [-0.3, -0.25) is 0 Å². The predicted molar refractivity (Wildman–Crippen MR) is 53.5 cm³/mol. The van der Waals surface area contributed by atoms with Gasteiger partial charge in [-0.15, -0.1) is 0 Å². The van der Waals surface area contributed by atoms with Crippen molar-refractivity contribution in [2.45, 2.75) is 46.0 Å². The summed E-state index contributed by atoms with van der Waals surface area (Å²) in [4.78, 5) is 1.82. The SMILES string of the molecule is CCCCC1CC[NH+](CC)CC1.[Cl-]. The molecule has 0 aliphatic carbocycles. The van der Waals surface area contributed by atoms with Crippen LogP contribution in [0.2, 0.25) is 0 Å². The monoisotopic (exact) mass is 205 g/mol. The predicted octanol–water partition coefficient (Wildman–Crippen LogP) is -1.50. The van der Waals surface area contributed by atoms with Gasteiger partial charge in [0.05, 0.1) is 19.6 Å². The number of hydrogen-bond acceptors (Lipinski definition) is 0. The summed E-state index contributed by atoms with van der Waals surface area (Å²) in [6.45, 7) is 8.81. The Morgan fingerprint density at radius 2 is 1.77 bits per heavy atom. The van der Waals surface area contributed by atoms with Crippen molar-refractivity contribution < 1.29 is 17.3 Å². The maximum absolute atomic E-state index is 2.31. The molecule has 1 aliphatic rings. The van der Waals surface area contributed by atoms with Crippen LogP contribution in [0, 0.1) is 5.92 Å². The van der Waals surface area contributed by atoms with Crippen LogP contribution in [0.4, 0.5) is 0 Å². The van der Waals surface area contributed by atoms with Crippen molar-refractivity contribution in [3.8, 4) is 0 Å². The van der Waals surface area contributed by atoms with E-state index in [1.165, 1.54) is 51.7 Å². The van der Waals surface area contributed by atoms with E-state index in [0.29, 0.717) is 0 Å². The van der Waals surface area contributed by atoms with Gasteiger partial charge in [0.2, 0.25) is 0 Å². The molecule has 0 saturated carbocycles. The van der Waals surface area contributed by atoms with E-state index in [1.54, 1.807) is 0 Å². The molecule has 0 aromatic rings. The minimum Gasteiger partial charge on any atom is -1.00 e. The second-order valence-corrected chi connectivity index (χ2v) is 4.19. The Labute approximate surface area is 89.3 Å². The first-order valence-electron chi connectivity index (χ1n) is 5.70. The van der Waals surface area contributed by atoms with E-state index < -0.39 is 0 Å². The van der Waals surface area contributed by atoms with Gasteiger partial charge in [-0.2, -0.15) is 0 Å². The van der Waals surface area contributed by atoms with E-state index in [9.17, 15) is 0 Å². The van der Waals surface area contributed by atoms with Gasteiger partial charge in [0.15, 0.2) is 0 Å². The minimum atomic E-state index is 0. The van der Waals surface area contributed by atoms with Crippen molar-refractivity contribution in [3.63, 3.8) is 0 Å². The van der Waals surface area contributed by atoms with Crippen molar-refractivity contribution in [1.82, 2.24) is 0 Å². The summed E-state index contributed by atoms with van der Waals surface area (Å²) in [7, 11) is 0. The zero-order chi connectivity index (χ0) is 8.81. The smallest absolute Gasteiger partial charge is 0.0773 e.